The van der Waals surface area contributed by atoms with Crippen molar-refractivity contribution in [3.8, 4) is 0 Å². The van der Waals surface area contributed by atoms with Crippen molar-refractivity contribution in [3.05, 3.63) is 29.8 Å². The number of carboxylic acids is 1. The van der Waals surface area contributed by atoms with Gasteiger partial charge in [-0.05, 0) is 57.9 Å². The first-order valence-electron chi connectivity index (χ1n) is 8.16. The number of nitrogens with zero attached hydrogens (tertiary/aromatic N) is 1. The van der Waals surface area contributed by atoms with Crippen LogP contribution in [0, 0.1) is 5.92 Å². The largest absolute Gasteiger partial charge is 0.481 e. The molecule has 138 valence electrons. The highest BCUT2D eigenvalue weighted by Crippen LogP contribution is 2.20. The zero-order chi connectivity index (χ0) is 18.8. The number of carboxylic acid groups (broad SMARTS) is 1. The van der Waals surface area contributed by atoms with E-state index in [2.05, 4.69) is 4.72 Å². The number of hydrogen-bond acceptors (Lipinski definition) is 4. The number of aliphatic carboxylic acids is 1. The molecule has 7 nitrogen and oxygen atoms in total. The van der Waals surface area contributed by atoms with Crippen LogP contribution in [-0.4, -0.2) is 48.9 Å². The Kier molecular flexibility index (Phi) is 5.53. The van der Waals surface area contributed by atoms with E-state index in [0.29, 0.717) is 31.5 Å². The predicted molar refractivity (Wildman–Crippen MR) is 92.8 cm³/mol. The molecule has 1 aliphatic rings. The minimum absolute atomic E-state index is 0.101. The van der Waals surface area contributed by atoms with Gasteiger partial charge in [0.1, 0.15) is 0 Å². The summed E-state index contributed by atoms with van der Waals surface area (Å²) >= 11 is 0. The van der Waals surface area contributed by atoms with Gasteiger partial charge in [-0.2, -0.15) is 0 Å². The molecular weight excluding hydrogens is 344 g/mol. The molecule has 0 aromatic heterocycles. The van der Waals surface area contributed by atoms with Crippen molar-refractivity contribution in [1.29, 1.82) is 0 Å². The van der Waals surface area contributed by atoms with Gasteiger partial charge in [-0.3, -0.25) is 9.59 Å². The monoisotopic (exact) mass is 368 g/mol. The van der Waals surface area contributed by atoms with Crippen LogP contribution < -0.4 is 4.72 Å². The zero-order valence-electron chi connectivity index (χ0n) is 14.7. The number of carbonyl (C=O) groups is 2. The fourth-order valence-corrected chi connectivity index (χ4v) is 4.17. The average Bonchev–Trinajstić information content (AvgIpc) is 2.52. The molecular formula is C17H24N2O5S. The molecule has 0 bridgehead atoms. The van der Waals surface area contributed by atoms with Crippen LogP contribution >= 0.6 is 0 Å². The van der Waals surface area contributed by atoms with Gasteiger partial charge in [0, 0.05) is 24.2 Å². The van der Waals surface area contributed by atoms with E-state index in [0.717, 1.165) is 0 Å². The lowest BCUT2D eigenvalue weighted by molar-refractivity contribution is -0.143. The number of benzene rings is 1. The Balaban J connectivity index is 2.07. The van der Waals surface area contributed by atoms with Crippen LogP contribution in [0.3, 0.4) is 0 Å². The summed E-state index contributed by atoms with van der Waals surface area (Å²) in [6.45, 7) is 6.04. The van der Waals surface area contributed by atoms with E-state index in [-0.39, 0.29) is 10.8 Å². The van der Waals surface area contributed by atoms with E-state index in [1.807, 2.05) is 0 Å². The Hall–Kier alpha value is -1.93. The lowest BCUT2D eigenvalue weighted by Gasteiger charge is -2.30. The Morgan fingerprint density at radius 2 is 1.64 bits per heavy atom. The molecule has 1 aromatic rings. The Morgan fingerprint density at radius 3 is 2.08 bits per heavy atom. The standard InChI is InChI=1S/C17H24N2O5S/c1-17(2,3)18-25(23,24)14-6-4-12(5-7-14)15(20)19-10-8-13(9-11-19)16(21)22/h4-7,13,18H,8-11H2,1-3H3,(H,21,22). The summed E-state index contributed by atoms with van der Waals surface area (Å²) in [4.78, 5) is 25.2. The van der Waals surface area contributed by atoms with E-state index in [1.165, 1.54) is 24.3 Å². The third kappa shape index (κ3) is 5.02. The number of likely N-dealkylation sites (tertiary alicyclic amines) is 1. The van der Waals surface area contributed by atoms with E-state index in [1.54, 1.807) is 25.7 Å². The van der Waals surface area contributed by atoms with E-state index in [9.17, 15) is 18.0 Å². The zero-order valence-corrected chi connectivity index (χ0v) is 15.5. The first-order valence-corrected chi connectivity index (χ1v) is 9.64. The topological polar surface area (TPSA) is 104 Å². The number of nitrogens with one attached hydrogen (secondary N) is 1. The Bertz CT molecular complexity index is 742. The lowest BCUT2D eigenvalue weighted by atomic mass is 9.96. The van der Waals surface area contributed by atoms with Gasteiger partial charge in [-0.15, -0.1) is 0 Å². The summed E-state index contributed by atoms with van der Waals surface area (Å²) in [7, 11) is -3.64. The van der Waals surface area contributed by atoms with Crippen molar-refractivity contribution in [3.63, 3.8) is 0 Å². The molecule has 0 saturated carbocycles. The smallest absolute Gasteiger partial charge is 0.306 e. The van der Waals surface area contributed by atoms with E-state index < -0.39 is 27.4 Å². The minimum atomic E-state index is -3.64. The van der Waals surface area contributed by atoms with Crippen LogP contribution in [0.1, 0.15) is 44.0 Å². The summed E-state index contributed by atoms with van der Waals surface area (Å²) < 4.78 is 27.1. The molecule has 25 heavy (non-hydrogen) atoms. The lowest BCUT2D eigenvalue weighted by Crippen LogP contribution is -2.41. The van der Waals surface area contributed by atoms with Gasteiger partial charge in [0.05, 0.1) is 10.8 Å². The van der Waals surface area contributed by atoms with E-state index in [4.69, 9.17) is 5.11 Å². The van der Waals surface area contributed by atoms with Crippen molar-refractivity contribution < 1.29 is 23.1 Å². The van der Waals surface area contributed by atoms with Crippen LogP contribution in [-0.2, 0) is 14.8 Å². The molecule has 0 spiro atoms. The highest BCUT2D eigenvalue weighted by Gasteiger charge is 2.28. The van der Waals surface area contributed by atoms with Crippen molar-refractivity contribution in [2.24, 2.45) is 5.92 Å². The highest BCUT2D eigenvalue weighted by molar-refractivity contribution is 7.89. The summed E-state index contributed by atoms with van der Waals surface area (Å²) in [5, 5.41) is 9.00. The number of rotatable bonds is 4. The van der Waals surface area contributed by atoms with Gasteiger partial charge in [0.25, 0.3) is 5.91 Å². The molecule has 8 heteroatoms. The SMILES string of the molecule is CC(C)(C)NS(=O)(=O)c1ccc(C(=O)N2CCC(C(=O)O)CC2)cc1. The molecule has 0 aliphatic carbocycles. The van der Waals surface area contributed by atoms with Crippen molar-refractivity contribution in [1.82, 2.24) is 9.62 Å². The van der Waals surface area contributed by atoms with Gasteiger partial charge in [-0.25, -0.2) is 13.1 Å². The second-order valence-corrected chi connectivity index (χ2v) is 8.97. The van der Waals surface area contributed by atoms with Crippen LogP contribution in [0.2, 0.25) is 0 Å². The van der Waals surface area contributed by atoms with Crippen molar-refractivity contribution >= 4 is 21.9 Å². The molecule has 2 rings (SSSR count). The maximum atomic E-state index is 12.5. The van der Waals surface area contributed by atoms with Gasteiger partial charge in [0.2, 0.25) is 10.0 Å². The van der Waals surface area contributed by atoms with Crippen molar-refractivity contribution in [2.45, 2.75) is 44.0 Å². The number of hydrogen-bond donors (Lipinski definition) is 2. The summed E-state index contributed by atoms with van der Waals surface area (Å²) in [5.41, 5.74) is -0.203. The maximum absolute atomic E-state index is 12.5. The van der Waals surface area contributed by atoms with Gasteiger partial charge in [0.15, 0.2) is 0 Å². The average molecular weight is 368 g/mol. The summed E-state index contributed by atoms with van der Waals surface area (Å²) in [6, 6.07) is 5.79. The molecule has 1 fully saturated rings. The molecule has 0 radical (unpaired) electrons. The molecule has 1 heterocycles. The number of piperidine rings is 1. The van der Waals surface area contributed by atoms with Crippen LogP contribution in [0.25, 0.3) is 0 Å². The second-order valence-electron chi connectivity index (χ2n) is 7.28. The fourth-order valence-electron chi connectivity index (χ4n) is 2.75. The van der Waals surface area contributed by atoms with Gasteiger partial charge < -0.3 is 10.0 Å². The summed E-state index contributed by atoms with van der Waals surface area (Å²) in [6.07, 6.45) is 0.867. The molecule has 1 amide bonds. The van der Waals surface area contributed by atoms with Crippen molar-refractivity contribution in [2.75, 3.05) is 13.1 Å². The van der Waals surface area contributed by atoms with Crippen LogP contribution in [0.5, 0.6) is 0 Å². The molecule has 0 unspecified atom stereocenters. The molecule has 2 N–H and O–H groups in total. The minimum Gasteiger partial charge on any atom is -0.481 e. The van der Waals surface area contributed by atoms with Crippen LogP contribution in [0.4, 0.5) is 0 Å². The van der Waals surface area contributed by atoms with Crippen LogP contribution in [0.15, 0.2) is 29.2 Å². The molecule has 1 aromatic carbocycles. The predicted octanol–water partition coefficient (Wildman–Crippen LogP) is 1.70. The normalized spacial score (nSPS) is 16.7. The fraction of sp³-hybridized carbons (Fsp3) is 0.529. The number of sulfonamides is 1. The van der Waals surface area contributed by atoms with E-state index >= 15 is 0 Å². The third-order valence-corrected chi connectivity index (χ3v) is 5.76. The molecule has 1 aliphatic heterocycles. The number of amides is 1. The Morgan fingerprint density at radius 1 is 1.12 bits per heavy atom. The second kappa shape index (κ2) is 7.13. The molecule has 0 atom stereocenters. The third-order valence-electron chi connectivity index (χ3n) is 3.98. The summed E-state index contributed by atoms with van der Waals surface area (Å²) in [5.74, 6) is -1.44. The quantitative estimate of drug-likeness (QED) is 0.842. The first-order chi connectivity index (χ1) is 11.5. The molecule has 1 saturated heterocycles. The highest BCUT2D eigenvalue weighted by atomic mass is 32.2. The van der Waals surface area contributed by atoms with Gasteiger partial charge in [-0.1, -0.05) is 0 Å². The Labute approximate surface area is 148 Å². The van der Waals surface area contributed by atoms with Gasteiger partial charge >= 0.3 is 5.97 Å². The maximum Gasteiger partial charge on any atom is 0.306 e. The first kappa shape index (κ1) is 19.4. The number of carbonyl (C=O) groups excluding carboxylic acids is 1.